The minimum Gasteiger partial charge on any atom is -0.335 e. The number of hydrogen-bond acceptors (Lipinski definition) is 4. The van der Waals surface area contributed by atoms with Crippen LogP contribution in [0.2, 0.25) is 0 Å². The van der Waals surface area contributed by atoms with Crippen molar-refractivity contribution in [3.05, 3.63) is 42.5 Å². The molecular formula is C12H14N4O. The highest BCUT2D eigenvalue weighted by Gasteiger charge is 2.11. The summed E-state index contributed by atoms with van der Waals surface area (Å²) in [5.74, 6) is 0.756. The molecule has 0 aliphatic heterocycles. The molecular weight excluding hydrogens is 216 g/mol. The van der Waals surface area contributed by atoms with Gasteiger partial charge < -0.3 is 4.57 Å². The molecule has 0 bridgehead atoms. The van der Waals surface area contributed by atoms with Crippen LogP contribution in [-0.4, -0.2) is 25.3 Å². The molecule has 5 heteroatoms. The zero-order valence-corrected chi connectivity index (χ0v) is 9.71. The molecule has 0 saturated carbocycles. The van der Waals surface area contributed by atoms with Crippen molar-refractivity contribution in [2.24, 2.45) is 0 Å². The Morgan fingerprint density at radius 1 is 1.35 bits per heavy atom. The van der Waals surface area contributed by atoms with Gasteiger partial charge in [-0.3, -0.25) is 4.79 Å². The molecule has 0 aliphatic carbocycles. The number of imidazole rings is 1. The second-order valence-corrected chi connectivity index (χ2v) is 3.73. The van der Waals surface area contributed by atoms with Crippen LogP contribution in [0.25, 0.3) is 0 Å². The summed E-state index contributed by atoms with van der Waals surface area (Å²) >= 11 is 0. The lowest BCUT2D eigenvalue weighted by Crippen LogP contribution is -2.11. The number of rotatable bonds is 5. The quantitative estimate of drug-likeness (QED) is 0.730. The lowest BCUT2D eigenvalue weighted by molar-refractivity contribution is 0.0984. The second-order valence-electron chi connectivity index (χ2n) is 3.73. The van der Waals surface area contributed by atoms with Crippen LogP contribution in [0.4, 0.5) is 0 Å². The summed E-state index contributed by atoms with van der Waals surface area (Å²) in [7, 11) is 0. The van der Waals surface area contributed by atoms with Crippen molar-refractivity contribution in [3.8, 4) is 0 Å². The molecule has 0 aromatic carbocycles. The molecule has 0 N–H and O–H groups in total. The van der Waals surface area contributed by atoms with E-state index in [1.54, 1.807) is 18.5 Å². The first kappa shape index (κ1) is 11.4. The van der Waals surface area contributed by atoms with E-state index in [4.69, 9.17) is 0 Å². The Hall–Kier alpha value is -2.04. The van der Waals surface area contributed by atoms with Gasteiger partial charge in [-0.05, 0) is 12.5 Å². The van der Waals surface area contributed by atoms with E-state index in [9.17, 15) is 4.79 Å². The fourth-order valence-electron chi connectivity index (χ4n) is 1.64. The molecule has 0 amide bonds. The van der Waals surface area contributed by atoms with E-state index in [0.717, 1.165) is 18.8 Å². The minimum atomic E-state index is -0.0315. The zero-order chi connectivity index (χ0) is 12.1. The Balaban J connectivity index is 2.11. The SMILES string of the molecule is CCCn1ccnc1CC(=O)c1ccncn1. The number of carbonyl (C=O) groups is 1. The van der Waals surface area contributed by atoms with Crippen molar-refractivity contribution in [3.63, 3.8) is 0 Å². The number of aromatic nitrogens is 4. The summed E-state index contributed by atoms with van der Waals surface area (Å²) in [6.07, 6.45) is 7.86. The van der Waals surface area contributed by atoms with E-state index in [-0.39, 0.29) is 12.2 Å². The first-order chi connectivity index (χ1) is 8.31. The van der Waals surface area contributed by atoms with Gasteiger partial charge in [-0.2, -0.15) is 0 Å². The van der Waals surface area contributed by atoms with Crippen molar-refractivity contribution in [2.45, 2.75) is 26.3 Å². The van der Waals surface area contributed by atoms with Crippen LogP contribution in [0.5, 0.6) is 0 Å². The highest BCUT2D eigenvalue weighted by molar-refractivity contribution is 5.95. The average molecular weight is 230 g/mol. The summed E-state index contributed by atoms with van der Waals surface area (Å²) in [5, 5.41) is 0. The fraction of sp³-hybridized carbons (Fsp3) is 0.333. The van der Waals surface area contributed by atoms with Crippen LogP contribution in [0.15, 0.2) is 31.0 Å². The Labute approximate surface area is 99.6 Å². The third-order valence-electron chi connectivity index (χ3n) is 2.45. The van der Waals surface area contributed by atoms with Crippen molar-refractivity contribution in [1.29, 1.82) is 0 Å². The molecule has 0 unspecified atom stereocenters. The van der Waals surface area contributed by atoms with Crippen LogP contribution in [0.1, 0.15) is 29.7 Å². The normalized spacial score (nSPS) is 10.4. The topological polar surface area (TPSA) is 60.7 Å². The molecule has 0 fully saturated rings. The Kier molecular flexibility index (Phi) is 3.59. The van der Waals surface area contributed by atoms with Gasteiger partial charge in [-0.25, -0.2) is 15.0 Å². The van der Waals surface area contributed by atoms with Gasteiger partial charge in [0.05, 0.1) is 6.42 Å². The van der Waals surface area contributed by atoms with E-state index in [0.29, 0.717) is 5.69 Å². The van der Waals surface area contributed by atoms with E-state index >= 15 is 0 Å². The van der Waals surface area contributed by atoms with Gasteiger partial charge >= 0.3 is 0 Å². The van der Waals surface area contributed by atoms with Gasteiger partial charge in [-0.1, -0.05) is 6.92 Å². The lowest BCUT2D eigenvalue weighted by atomic mass is 10.2. The molecule has 88 valence electrons. The Morgan fingerprint density at radius 2 is 2.24 bits per heavy atom. The average Bonchev–Trinajstić information content (AvgIpc) is 2.78. The molecule has 0 saturated heterocycles. The van der Waals surface area contributed by atoms with Crippen LogP contribution in [0, 0.1) is 0 Å². The van der Waals surface area contributed by atoms with Crippen LogP contribution in [-0.2, 0) is 13.0 Å². The van der Waals surface area contributed by atoms with Crippen LogP contribution in [0.3, 0.4) is 0 Å². The van der Waals surface area contributed by atoms with Gasteiger partial charge in [-0.15, -0.1) is 0 Å². The minimum absolute atomic E-state index is 0.0315. The number of aryl methyl sites for hydroxylation is 1. The Morgan fingerprint density at radius 3 is 2.94 bits per heavy atom. The third kappa shape index (κ3) is 2.75. The first-order valence-electron chi connectivity index (χ1n) is 5.60. The maximum Gasteiger partial charge on any atom is 0.188 e. The standard InChI is InChI=1S/C12H14N4O/c1-2-6-16-7-5-14-12(16)8-11(17)10-3-4-13-9-15-10/h3-5,7,9H,2,6,8H2,1H3. The molecule has 5 nitrogen and oxygen atoms in total. The zero-order valence-electron chi connectivity index (χ0n) is 9.71. The van der Waals surface area contributed by atoms with Crippen molar-refractivity contribution in [1.82, 2.24) is 19.5 Å². The van der Waals surface area contributed by atoms with Gasteiger partial charge in [0.15, 0.2) is 5.78 Å². The smallest absolute Gasteiger partial charge is 0.188 e. The number of carbonyl (C=O) groups excluding carboxylic acids is 1. The summed E-state index contributed by atoms with van der Waals surface area (Å²) in [6.45, 7) is 2.97. The van der Waals surface area contributed by atoms with Crippen molar-refractivity contribution < 1.29 is 4.79 Å². The maximum absolute atomic E-state index is 11.9. The summed E-state index contributed by atoms with van der Waals surface area (Å²) in [5.41, 5.74) is 0.436. The van der Waals surface area contributed by atoms with Crippen LogP contribution < -0.4 is 0 Å². The largest absolute Gasteiger partial charge is 0.335 e. The number of ketones is 1. The predicted octanol–water partition coefficient (Wildman–Crippen LogP) is 1.51. The first-order valence-corrected chi connectivity index (χ1v) is 5.60. The van der Waals surface area contributed by atoms with Gasteiger partial charge in [0.2, 0.25) is 0 Å². The van der Waals surface area contributed by atoms with Gasteiger partial charge in [0.1, 0.15) is 17.8 Å². The predicted molar refractivity (Wildman–Crippen MR) is 62.6 cm³/mol. The summed E-state index contributed by atoms with van der Waals surface area (Å²) in [4.78, 5) is 23.8. The third-order valence-corrected chi connectivity index (χ3v) is 2.45. The molecule has 0 radical (unpaired) electrons. The number of Topliss-reactive ketones (excluding diaryl/α,β-unsaturated/α-hetero) is 1. The fourth-order valence-corrected chi connectivity index (χ4v) is 1.64. The summed E-state index contributed by atoms with van der Waals surface area (Å²) in [6, 6.07) is 1.62. The van der Waals surface area contributed by atoms with Gasteiger partial charge in [0, 0.05) is 25.1 Å². The second kappa shape index (κ2) is 5.34. The van der Waals surface area contributed by atoms with E-state index in [2.05, 4.69) is 21.9 Å². The van der Waals surface area contributed by atoms with E-state index < -0.39 is 0 Å². The molecule has 17 heavy (non-hydrogen) atoms. The number of nitrogens with zero attached hydrogens (tertiary/aromatic N) is 4. The highest BCUT2D eigenvalue weighted by atomic mass is 16.1. The molecule has 2 heterocycles. The molecule has 2 rings (SSSR count). The highest BCUT2D eigenvalue weighted by Crippen LogP contribution is 2.04. The molecule has 0 atom stereocenters. The molecule has 2 aromatic rings. The Bertz CT molecular complexity index is 492. The lowest BCUT2D eigenvalue weighted by Gasteiger charge is -2.05. The number of hydrogen-bond donors (Lipinski definition) is 0. The van der Waals surface area contributed by atoms with Gasteiger partial charge in [0.25, 0.3) is 0 Å². The molecule has 0 spiro atoms. The van der Waals surface area contributed by atoms with Crippen LogP contribution >= 0.6 is 0 Å². The van der Waals surface area contributed by atoms with Crippen molar-refractivity contribution in [2.75, 3.05) is 0 Å². The van der Waals surface area contributed by atoms with E-state index in [1.807, 2.05) is 10.8 Å². The molecule has 2 aromatic heterocycles. The van der Waals surface area contributed by atoms with Crippen molar-refractivity contribution >= 4 is 5.78 Å². The summed E-state index contributed by atoms with van der Waals surface area (Å²) < 4.78 is 2.00. The maximum atomic E-state index is 11.9. The monoisotopic (exact) mass is 230 g/mol. The molecule has 0 aliphatic rings. The van der Waals surface area contributed by atoms with E-state index in [1.165, 1.54) is 6.33 Å².